The summed E-state index contributed by atoms with van der Waals surface area (Å²) in [6, 6.07) is 20.0. The average molecular weight is 330 g/mol. The number of benzene rings is 2. The van der Waals surface area contributed by atoms with Crippen LogP contribution in [0.15, 0.2) is 60.7 Å². The highest BCUT2D eigenvalue weighted by molar-refractivity contribution is 5.14. The maximum atomic E-state index is 13.0. The predicted octanol–water partition coefficient (Wildman–Crippen LogP) is 3.92. The molecular weight excluding hydrogens is 307 g/mol. The van der Waals surface area contributed by atoms with E-state index in [1.54, 1.807) is 0 Å². The third-order valence-corrected chi connectivity index (χ3v) is 4.19. The molecule has 2 aromatic carbocycles. The molecule has 1 heterocycles. The van der Waals surface area contributed by atoms with Gasteiger partial charge in [0.25, 0.3) is 0 Å². The van der Waals surface area contributed by atoms with E-state index in [1.807, 2.05) is 60.7 Å². The summed E-state index contributed by atoms with van der Waals surface area (Å²) in [7, 11) is 0. The van der Waals surface area contributed by atoms with Gasteiger partial charge in [-0.3, -0.25) is 0 Å². The summed E-state index contributed by atoms with van der Waals surface area (Å²) in [5.74, 6) is 0. The van der Waals surface area contributed by atoms with Crippen LogP contribution in [0.2, 0.25) is 0 Å². The first-order chi connectivity index (χ1) is 11.8. The number of hydrogen-bond acceptors (Lipinski definition) is 3. The first kappa shape index (κ1) is 17.1. The molecule has 0 aromatic heterocycles. The van der Waals surface area contributed by atoms with Crippen molar-refractivity contribution in [1.82, 2.24) is 0 Å². The molecule has 0 N–H and O–H groups in total. The molecule has 24 heavy (non-hydrogen) atoms. The van der Waals surface area contributed by atoms with Crippen LogP contribution in [-0.4, -0.2) is 31.6 Å². The summed E-state index contributed by atoms with van der Waals surface area (Å²) in [6.45, 7) is 0.869. The van der Waals surface area contributed by atoms with Gasteiger partial charge >= 0.3 is 0 Å². The van der Waals surface area contributed by atoms with Gasteiger partial charge in [-0.05, 0) is 11.1 Å². The normalized spacial score (nSPS) is 24.0. The van der Waals surface area contributed by atoms with E-state index in [0.29, 0.717) is 26.2 Å². The lowest BCUT2D eigenvalue weighted by atomic mass is 10.0. The molecule has 2 aromatic rings. The van der Waals surface area contributed by atoms with Gasteiger partial charge in [-0.2, -0.15) is 0 Å². The Morgan fingerprint density at radius 1 is 0.833 bits per heavy atom. The second kappa shape index (κ2) is 8.92. The maximum absolute atomic E-state index is 13.0. The molecule has 1 aliphatic rings. The number of halogens is 1. The van der Waals surface area contributed by atoms with Crippen LogP contribution in [-0.2, 0) is 27.4 Å². The Kier molecular flexibility index (Phi) is 6.35. The van der Waals surface area contributed by atoms with Crippen molar-refractivity contribution in [3.8, 4) is 0 Å². The molecule has 3 nitrogen and oxygen atoms in total. The van der Waals surface area contributed by atoms with Gasteiger partial charge in [0.1, 0.15) is 12.8 Å². The van der Waals surface area contributed by atoms with Crippen molar-refractivity contribution in [2.24, 2.45) is 0 Å². The van der Waals surface area contributed by atoms with Gasteiger partial charge in [0.05, 0.1) is 32.0 Å². The molecule has 3 atom stereocenters. The lowest BCUT2D eigenvalue weighted by molar-refractivity contribution is -0.173. The fourth-order valence-corrected chi connectivity index (χ4v) is 2.81. The molecule has 4 heteroatoms. The molecule has 1 fully saturated rings. The van der Waals surface area contributed by atoms with Crippen molar-refractivity contribution < 1.29 is 18.6 Å². The SMILES string of the molecule is FCC1CC(OCc2ccccc2)C(OCc2ccccc2)CO1. The molecule has 1 saturated heterocycles. The zero-order valence-electron chi connectivity index (χ0n) is 13.6. The van der Waals surface area contributed by atoms with Gasteiger partial charge in [0, 0.05) is 6.42 Å². The molecule has 3 rings (SSSR count). The van der Waals surface area contributed by atoms with Crippen LogP contribution < -0.4 is 0 Å². The first-order valence-electron chi connectivity index (χ1n) is 8.34. The van der Waals surface area contributed by atoms with Crippen molar-refractivity contribution in [3.63, 3.8) is 0 Å². The Labute approximate surface area is 142 Å². The molecular formula is C20H23FO3. The smallest absolute Gasteiger partial charge is 0.116 e. The van der Waals surface area contributed by atoms with Crippen molar-refractivity contribution in [2.75, 3.05) is 13.3 Å². The van der Waals surface area contributed by atoms with Crippen molar-refractivity contribution in [3.05, 3.63) is 71.8 Å². The van der Waals surface area contributed by atoms with Crippen molar-refractivity contribution in [1.29, 1.82) is 0 Å². The lowest BCUT2D eigenvalue weighted by Crippen LogP contribution is -2.45. The minimum absolute atomic E-state index is 0.164. The Hall–Kier alpha value is -1.75. The Balaban J connectivity index is 1.57. The maximum Gasteiger partial charge on any atom is 0.116 e. The third-order valence-electron chi connectivity index (χ3n) is 4.19. The fraction of sp³-hybridized carbons (Fsp3) is 0.400. The molecule has 0 bridgehead atoms. The van der Waals surface area contributed by atoms with Crippen LogP contribution in [0.3, 0.4) is 0 Å². The Bertz CT molecular complexity index is 590. The molecule has 3 unspecified atom stereocenters. The Morgan fingerprint density at radius 3 is 1.92 bits per heavy atom. The molecule has 0 radical (unpaired) electrons. The minimum Gasteiger partial charge on any atom is -0.373 e. The second-order valence-electron chi connectivity index (χ2n) is 6.02. The highest BCUT2D eigenvalue weighted by atomic mass is 19.1. The summed E-state index contributed by atoms with van der Waals surface area (Å²) in [5, 5.41) is 0. The van der Waals surface area contributed by atoms with Gasteiger partial charge in [0.15, 0.2) is 0 Å². The highest BCUT2D eigenvalue weighted by Crippen LogP contribution is 2.22. The molecule has 0 aliphatic carbocycles. The van der Waals surface area contributed by atoms with E-state index in [9.17, 15) is 4.39 Å². The van der Waals surface area contributed by atoms with Crippen molar-refractivity contribution >= 4 is 0 Å². The zero-order valence-corrected chi connectivity index (χ0v) is 13.6. The van der Waals surface area contributed by atoms with Gasteiger partial charge in [-0.25, -0.2) is 4.39 Å². The second-order valence-corrected chi connectivity index (χ2v) is 6.02. The fourth-order valence-electron chi connectivity index (χ4n) is 2.81. The van der Waals surface area contributed by atoms with E-state index in [4.69, 9.17) is 14.2 Å². The van der Waals surface area contributed by atoms with Gasteiger partial charge in [0.2, 0.25) is 0 Å². The van der Waals surface area contributed by atoms with Gasteiger partial charge < -0.3 is 14.2 Å². The molecule has 0 amide bonds. The Morgan fingerprint density at radius 2 is 1.38 bits per heavy atom. The summed E-state index contributed by atoms with van der Waals surface area (Å²) < 4.78 is 30.5. The first-order valence-corrected chi connectivity index (χ1v) is 8.34. The average Bonchev–Trinajstić information content (AvgIpc) is 2.66. The lowest BCUT2D eigenvalue weighted by Gasteiger charge is -2.35. The van der Waals surface area contributed by atoms with Crippen molar-refractivity contribution in [2.45, 2.75) is 37.9 Å². The van der Waals surface area contributed by atoms with E-state index >= 15 is 0 Å². The highest BCUT2D eigenvalue weighted by Gasteiger charge is 2.32. The van der Waals surface area contributed by atoms with Gasteiger partial charge in [-0.1, -0.05) is 60.7 Å². The van der Waals surface area contributed by atoms with Crippen LogP contribution in [0, 0.1) is 0 Å². The monoisotopic (exact) mass is 330 g/mol. The predicted molar refractivity (Wildman–Crippen MR) is 90.4 cm³/mol. The summed E-state index contributed by atoms with van der Waals surface area (Å²) in [5.41, 5.74) is 2.20. The number of alkyl halides is 1. The van der Waals surface area contributed by atoms with E-state index in [1.165, 1.54) is 0 Å². The van der Waals surface area contributed by atoms with Crippen LogP contribution in [0.5, 0.6) is 0 Å². The summed E-state index contributed by atoms with van der Waals surface area (Å²) in [4.78, 5) is 0. The summed E-state index contributed by atoms with van der Waals surface area (Å²) >= 11 is 0. The standard InChI is InChI=1S/C20H23FO3/c21-12-18-11-19(23-13-16-7-3-1-4-8-16)20(15-22-18)24-14-17-9-5-2-6-10-17/h1-10,18-20H,11-15H2. The van der Waals surface area contributed by atoms with E-state index in [2.05, 4.69) is 0 Å². The minimum atomic E-state index is -0.489. The zero-order chi connectivity index (χ0) is 16.6. The summed E-state index contributed by atoms with van der Waals surface area (Å²) in [6.07, 6.45) is -0.231. The van der Waals surface area contributed by atoms with Gasteiger partial charge in [-0.15, -0.1) is 0 Å². The number of rotatable bonds is 7. The quantitative estimate of drug-likeness (QED) is 0.770. The van der Waals surface area contributed by atoms with Crippen LogP contribution >= 0.6 is 0 Å². The molecule has 0 saturated carbocycles. The molecule has 1 aliphatic heterocycles. The number of hydrogen-bond donors (Lipinski definition) is 0. The van der Waals surface area contributed by atoms with E-state index < -0.39 is 12.8 Å². The van der Waals surface area contributed by atoms with Crippen LogP contribution in [0.4, 0.5) is 4.39 Å². The third kappa shape index (κ3) is 4.87. The van der Waals surface area contributed by atoms with Crippen LogP contribution in [0.1, 0.15) is 17.5 Å². The molecule has 0 spiro atoms. The van der Waals surface area contributed by atoms with E-state index in [0.717, 1.165) is 11.1 Å². The molecule has 128 valence electrons. The van der Waals surface area contributed by atoms with E-state index in [-0.39, 0.29) is 12.2 Å². The topological polar surface area (TPSA) is 27.7 Å². The number of ether oxygens (including phenoxy) is 3. The van der Waals surface area contributed by atoms with Crippen LogP contribution in [0.25, 0.3) is 0 Å². The largest absolute Gasteiger partial charge is 0.373 e.